The summed E-state index contributed by atoms with van der Waals surface area (Å²) < 4.78 is 15.9. The Labute approximate surface area is 141 Å². The van der Waals surface area contributed by atoms with Gasteiger partial charge >= 0.3 is 0 Å². The fourth-order valence-corrected chi connectivity index (χ4v) is 2.69. The molecule has 1 heterocycles. The topological polar surface area (TPSA) is 56.8 Å². The summed E-state index contributed by atoms with van der Waals surface area (Å²) in [5, 5.41) is 2.94. The molecule has 0 saturated heterocycles. The van der Waals surface area contributed by atoms with Crippen molar-refractivity contribution in [3.8, 4) is 17.2 Å². The van der Waals surface area contributed by atoms with Crippen LogP contribution in [0.15, 0.2) is 42.5 Å². The van der Waals surface area contributed by atoms with E-state index in [9.17, 15) is 4.79 Å². The fraction of sp³-hybridized carbons (Fsp3) is 0.316. The van der Waals surface area contributed by atoms with Crippen molar-refractivity contribution < 1.29 is 19.0 Å². The smallest absolute Gasteiger partial charge is 0.251 e. The Morgan fingerprint density at radius 2 is 1.96 bits per heavy atom. The number of unbranched alkanes of at least 4 members (excludes halogenated alkanes) is 1. The molecule has 0 unspecified atom stereocenters. The van der Waals surface area contributed by atoms with Crippen LogP contribution >= 0.6 is 0 Å². The number of aryl methyl sites for hydroxylation is 1. The van der Waals surface area contributed by atoms with E-state index in [4.69, 9.17) is 14.2 Å². The van der Waals surface area contributed by atoms with Gasteiger partial charge in [-0.05, 0) is 49.1 Å². The molecule has 126 valence electrons. The zero-order chi connectivity index (χ0) is 16.8. The van der Waals surface area contributed by atoms with Crippen molar-refractivity contribution in [1.29, 1.82) is 0 Å². The molecule has 0 aliphatic carbocycles. The van der Waals surface area contributed by atoms with Crippen molar-refractivity contribution in [3.05, 3.63) is 53.6 Å². The number of nitrogens with one attached hydrogen (secondary N) is 1. The first-order chi connectivity index (χ1) is 11.8. The van der Waals surface area contributed by atoms with Gasteiger partial charge in [-0.1, -0.05) is 18.2 Å². The minimum atomic E-state index is -0.0920. The second-order valence-corrected chi connectivity index (χ2v) is 5.59. The fourth-order valence-electron chi connectivity index (χ4n) is 2.69. The molecule has 1 amide bonds. The van der Waals surface area contributed by atoms with Gasteiger partial charge in [-0.25, -0.2) is 0 Å². The molecule has 2 aromatic rings. The molecule has 0 aromatic heterocycles. The van der Waals surface area contributed by atoms with E-state index in [1.807, 2.05) is 18.2 Å². The lowest BCUT2D eigenvalue weighted by molar-refractivity contribution is 0.0952. The molecule has 5 heteroatoms. The lowest BCUT2D eigenvalue weighted by Gasteiger charge is -2.08. The number of carbonyl (C=O) groups excluding carboxylic acids is 1. The number of carbonyl (C=O) groups is 1. The molecule has 0 radical (unpaired) electrons. The molecule has 1 aliphatic rings. The Morgan fingerprint density at radius 3 is 2.83 bits per heavy atom. The van der Waals surface area contributed by atoms with Gasteiger partial charge in [-0.2, -0.15) is 0 Å². The van der Waals surface area contributed by atoms with Crippen LogP contribution in [-0.2, 0) is 6.42 Å². The maximum atomic E-state index is 12.2. The van der Waals surface area contributed by atoms with E-state index in [1.54, 1.807) is 25.3 Å². The summed E-state index contributed by atoms with van der Waals surface area (Å²) in [6.07, 6.45) is 2.83. The molecule has 5 nitrogen and oxygen atoms in total. The van der Waals surface area contributed by atoms with E-state index in [0.29, 0.717) is 23.6 Å². The molecule has 1 N–H and O–H groups in total. The van der Waals surface area contributed by atoms with Gasteiger partial charge in [0.05, 0.1) is 7.11 Å². The predicted octanol–water partition coefficient (Wildman–Crippen LogP) is 3.18. The SMILES string of the molecule is COc1ccccc1CCCCNC(=O)c1ccc2c(c1)OCO2. The normalized spacial score (nSPS) is 12.0. The quantitative estimate of drug-likeness (QED) is 0.794. The number of rotatable bonds is 7. The number of hydrogen-bond acceptors (Lipinski definition) is 4. The molecular formula is C19H21NO4. The van der Waals surface area contributed by atoms with Crippen molar-refractivity contribution >= 4 is 5.91 Å². The maximum Gasteiger partial charge on any atom is 0.251 e. The van der Waals surface area contributed by atoms with Crippen molar-refractivity contribution in [3.63, 3.8) is 0 Å². The Balaban J connectivity index is 1.42. The highest BCUT2D eigenvalue weighted by atomic mass is 16.7. The number of hydrogen-bond donors (Lipinski definition) is 1. The highest BCUT2D eigenvalue weighted by molar-refractivity contribution is 5.94. The lowest BCUT2D eigenvalue weighted by Crippen LogP contribution is -2.24. The van der Waals surface area contributed by atoms with Crippen LogP contribution in [0.5, 0.6) is 17.2 Å². The number of ether oxygens (including phenoxy) is 3. The molecule has 2 aromatic carbocycles. The average molecular weight is 327 g/mol. The third-order valence-electron chi connectivity index (χ3n) is 3.99. The average Bonchev–Trinajstić information content (AvgIpc) is 3.09. The third-order valence-corrected chi connectivity index (χ3v) is 3.99. The second-order valence-electron chi connectivity index (χ2n) is 5.59. The monoisotopic (exact) mass is 327 g/mol. The number of fused-ring (bicyclic) bond motifs is 1. The Morgan fingerprint density at radius 1 is 1.12 bits per heavy atom. The highest BCUT2D eigenvalue weighted by Gasteiger charge is 2.15. The van der Waals surface area contributed by atoms with Crippen LogP contribution in [0, 0.1) is 0 Å². The lowest BCUT2D eigenvalue weighted by atomic mass is 10.1. The summed E-state index contributed by atoms with van der Waals surface area (Å²) in [5.41, 5.74) is 1.78. The summed E-state index contributed by atoms with van der Waals surface area (Å²) in [5.74, 6) is 2.13. The van der Waals surface area contributed by atoms with Crippen molar-refractivity contribution in [2.45, 2.75) is 19.3 Å². The summed E-state index contributed by atoms with van der Waals surface area (Å²) in [4.78, 5) is 12.2. The van der Waals surface area contributed by atoms with Gasteiger partial charge in [0.15, 0.2) is 11.5 Å². The molecule has 3 rings (SSSR count). The van der Waals surface area contributed by atoms with Gasteiger partial charge in [0.25, 0.3) is 5.91 Å². The minimum absolute atomic E-state index is 0.0920. The first kappa shape index (κ1) is 16.2. The van der Waals surface area contributed by atoms with E-state index in [0.717, 1.165) is 25.0 Å². The zero-order valence-electron chi connectivity index (χ0n) is 13.7. The number of methoxy groups -OCH3 is 1. The van der Waals surface area contributed by atoms with Gasteiger partial charge in [0, 0.05) is 12.1 Å². The molecule has 0 bridgehead atoms. The van der Waals surface area contributed by atoms with Gasteiger partial charge in [-0.15, -0.1) is 0 Å². The predicted molar refractivity (Wildman–Crippen MR) is 90.8 cm³/mol. The molecular weight excluding hydrogens is 306 g/mol. The Hall–Kier alpha value is -2.69. The summed E-state index contributed by atoms with van der Waals surface area (Å²) in [6, 6.07) is 13.2. The number of benzene rings is 2. The van der Waals surface area contributed by atoms with Crippen LogP contribution in [0.4, 0.5) is 0 Å². The van der Waals surface area contributed by atoms with Crippen LogP contribution in [-0.4, -0.2) is 26.4 Å². The summed E-state index contributed by atoms with van der Waals surface area (Å²) in [7, 11) is 1.68. The standard InChI is InChI=1S/C19H21NO4/c1-22-16-8-3-2-6-14(16)7-4-5-11-20-19(21)15-9-10-17-18(12-15)24-13-23-17/h2-3,6,8-10,12H,4-5,7,11,13H2,1H3,(H,20,21). The van der Waals surface area contributed by atoms with E-state index >= 15 is 0 Å². The van der Waals surface area contributed by atoms with Crippen molar-refractivity contribution in [2.75, 3.05) is 20.4 Å². The maximum absolute atomic E-state index is 12.2. The van der Waals surface area contributed by atoms with Gasteiger partial charge in [-0.3, -0.25) is 4.79 Å². The van der Waals surface area contributed by atoms with Crippen LogP contribution < -0.4 is 19.5 Å². The Bertz CT molecular complexity index is 714. The van der Waals surface area contributed by atoms with Gasteiger partial charge in [0.1, 0.15) is 5.75 Å². The van der Waals surface area contributed by atoms with E-state index in [1.165, 1.54) is 5.56 Å². The molecule has 0 saturated carbocycles. The highest BCUT2D eigenvalue weighted by Crippen LogP contribution is 2.32. The largest absolute Gasteiger partial charge is 0.496 e. The van der Waals surface area contributed by atoms with E-state index in [2.05, 4.69) is 11.4 Å². The van der Waals surface area contributed by atoms with Crippen LogP contribution in [0.25, 0.3) is 0 Å². The Kier molecular flexibility index (Phi) is 5.21. The zero-order valence-corrected chi connectivity index (χ0v) is 13.7. The first-order valence-corrected chi connectivity index (χ1v) is 8.07. The van der Waals surface area contributed by atoms with Crippen LogP contribution in [0.3, 0.4) is 0 Å². The summed E-state index contributed by atoms with van der Waals surface area (Å²) >= 11 is 0. The first-order valence-electron chi connectivity index (χ1n) is 8.07. The van der Waals surface area contributed by atoms with E-state index in [-0.39, 0.29) is 12.7 Å². The minimum Gasteiger partial charge on any atom is -0.496 e. The molecule has 1 aliphatic heterocycles. The third kappa shape index (κ3) is 3.79. The van der Waals surface area contributed by atoms with Crippen LogP contribution in [0.1, 0.15) is 28.8 Å². The van der Waals surface area contributed by atoms with Crippen molar-refractivity contribution in [1.82, 2.24) is 5.32 Å². The molecule has 0 fully saturated rings. The number of amides is 1. The van der Waals surface area contributed by atoms with Crippen LogP contribution in [0.2, 0.25) is 0 Å². The van der Waals surface area contributed by atoms with Gasteiger partial charge in [0.2, 0.25) is 6.79 Å². The summed E-state index contributed by atoms with van der Waals surface area (Å²) in [6.45, 7) is 0.853. The molecule has 24 heavy (non-hydrogen) atoms. The van der Waals surface area contributed by atoms with E-state index < -0.39 is 0 Å². The van der Waals surface area contributed by atoms with Gasteiger partial charge < -0.3 is 19.5 Å². The number of para-hydroxylation sites is 1. The second kappa shape index (κ2) is 7.73. The molecule has 0 spiro atoms. The van der Waals surface area contributed by atoms with Crippen molar-refractivity contribution in [2.24, 2.45) is 0 Å². The molecule has 0 atom stereocenters.